The molecule has 1 heterocycles. The molecular formula is C20H20O3. The lowest BCUT2D eigenvalue weighted by atomic mass is 9.89. The fraction of sp³-hybridized carbons (Fsp3) is 0.300. The van der Waals surface area contributed by atoms with Gasteiger partial charge in [-0.1, -0.05) is 5.57 Å². The van der Waals surface area contributed by atoms with E-state index >= 15 is 0 Å². The van der Waals surface area contributed by atoms with E-state index in [1.807, 2.05) is 24.3 Å². The van der Waals surface area contributed by atoms with Crippen molar-refractivity contribution in [2.24, 2.45) is 0 Å². The Morgan fingerprint density at radius 2 is 1.30 bits per heavy atom. The molecule has 0 atom stereocenters. The molecule has 23 heavy (non-hydrogen) atoms. The average molecular weight is 308 g/mol. The molecule has 0 bridgehead atoms. The third-order valence-corrected chi connectivity index (χ3v) is 4.70. The molecule has 0 amide bonds. The van der Waals surface area contributed by atoms with Crippen molar-refractivity contribution >= 4 is 5.57 Å². The Labute approximate surface area is 136 Å². The van der Waals surface area contributed by atoms with E-state index < -0.39 is 0 Å². The molecule has 3 nitrogen and oxygen atoms in total. The van der Waals surface area contributed by atoms with Gasteiger partial charge in [-0.05, 0) is 55.5 Å². The normalized spacial score (nSPS) is 15.7. The van der Waals surface area contributed by atoms with Gasteiger partial charge in [0.1, 0.15) is 23.0 Å². The van der Waals surface area contributed by atoms with Crippen LogP contribution in [0.4, 0.5) is 0 Å². The number of methoxy groups -OCH3 is 2. The first-order valence-corrected chi connectivity index (χ1v) is 8.07. The number of hydrogen-bond donors (Lipinski definition) is 0. The third-order valence-electron chi connectivity index (χ3n) is 4.70. The highest BCUT2D eigenvalue weighted by Crippen LogP contribution is 2.49. The number of benzene rings is 2. The van der Waals surface area contributed by atoms with E-state index in [0.717, 1.165) is 23.0 Å². The second-order valence-corrected chi connectivity index (χ2v) is 6.01. The highest BCUT2D eigenvalue weighted by atomic mass is 16.5. The molecule has 4 rings (SSSR count). The van der Waals surface area contributed by atoms with Crippen molar-refractivity contribution in [1.82, 2.24) is 0 Å². The fourth-order valence-corrected chi connectivity index (χ4v) is 3.54. The number of fused-ring (bicyclic) bond motifs is 2. The maximum atomic E-state index is 6.16. The van der Waals surface area contributed by atoms with Gasteiger partial charge in [0.15, 0.2) is 0 Å². The van der Waals surface area contributed by atoms with Crippen LogP contribution in [0.25, 0.3) is 5.57 Å². The zero-order valence-corrected chi connectivity index (χ0v) is 13.5. The van der Waals surface area contributed by atoms with E-state index in [4.69, 9.17) is 14.2 Å². The lowest BCUT2D eigenvalue weighted by Crippen LogP contribution is -2.05. The Kier molecular flexibility index (Phi) is 3.49. The monoisotopic (exact) mass is 308 g/mol. The highest BCUT2D eigenvalue weighted by molar-refractivity contribution is 5.90. The van der Waals surface area contributed by atoms with Crippen molar-refractivity contribution < 1.29 is 14.2 Å². The van der Waals surface area contributed by atoms with Crippen LogP contribution in [0.1, 0.15) is 36.8 Å². The third kappa shape index (κ3) is 2.37. The number of allylic oxidation sites excluding steroid dienone is 1. The van der Waals surface area contributed by atoms with E-state index in [1.165, 1.54) is 48.0 Å². The second kappa shape index (κ2) is 5.65. The Hall–Kier alpha value is -2.42. The van der Waals surface area contributed by atoms with Gasteiger partial charge in [0.25, 0.3) is 0 Å². The van der Waals surface area contributed by atoms with Crippen molar-refractivity contribution in [2.75, 3.05) is 14.2 Å². The molecule has 1 aliphatic heterocycles. The Morgan fingerprint density at radius 1 is 0.783 bits per heavy atom. The molecule has 0 unspecified atom stereocenters. The Bertz CT molecular complexity index is 726. The van der Waals surface area contributed by atoms with Crippen LogP contribution in [0, 0.1) is 0 Å². The van der Waals surface area contributed by atoms with Crippen molar-refractivity contribution in [3.63, 3.8) is 0 Å². The summed E-state index contributed by atoms with van der Waals surface area (Å²) >= 11 is 0. The lowest BCUT2D eigenvalue weighted by Gasteiger charge is -2.25. The maximum Gasteiger partial charge on any atom is 0.139 e. The predicted octanol–water partition coefficient (Wildman–Crippen LogP) is 5.19. The van der Waals surface area contributed by atoms with Crippen LogP contribution in [0.15, 0.2) is 42.0 Å². The predicted molar refractivity (Wildman–Crippen MR) is 90.6 cm³/mol. The van der Waals surface area contributed by atoms with Gasteiger partial charge in [0, 0.05) is 23.3 Å². The molecule has 1 saturated carbocycles. The van der Waals surface area contributed by atoms with Crippen molar-refractivity contribution in [3.05, 3.63) is 53.1 Å². The summed E-state index contributed by atoms with van der Waals surface area (Å²) in [6.45, 7) is 0. The Morgan fingerprint density at radius 3 is 1.78 bits per heavy atom. The van der Waals surface area contributed by atoms with Crippen molar-refractivity contribution in [1.29, 1.82) is 0 Å². The molecule has 0 spiro atoms. The Balaban J connectivity index is 1.94. The zero-order valence-electron chi connectivity index (χ0n) is 13.5. The summed E-state index contributed by atoms with van der Waals surface area (Å²) in [5.74, 6) is 3.34. The summed E-state index contributed by atoms with van der Waals surface area (Å²) in [7, 11) is 3.36. The molecule has 0 N–H and O–H groups in total. The first-order valence-electron chi connectivity index (χ1n) is 8.07. The van der Waals surface area contributed by atoms with Crippen LogP contribution >= 0.6 is 0 Å². The van der Waals surface area contributed by atoms with Gasteiger partial charge in [0.05, 0.1) is 14.2 Å². The summed E-state index contributed by atoms with van der Waals surface area (Å²) in [4.78, 5) is 0. The smallest absolute Gasteiger partial charge is 0.139 e. The molecule has 1 fully saturated rings. The maximum absolute atomic E-state index is 6.16. The molecule has 1 aliphatic carbocycles. The van der Waals surface area contributed by atoms with Crippen molar-refractivity contribution in [2.45, 2.75) is 25.7 Å². The highest BCUT2D eigenvalue weighted by Gasteiger charge is 2.26. The summed E-state index contributed by atoms with van der Waals surface area (Å²) in [6.07, 6.45) is 4.89. The molecule has 0 radical (unpaired) electrons. The minimum absolute atomic E-state index is 0.811. The standard InChI is InChI=1S/C20H20O3/c1-21-14-7-9-16-18(11-14)23-19-12-15(22-2)8-10-17(19)20(16)13-5-3-4-6-13/h7-12H,3-6H2,1-2H3. The van der Waals surface area contributed by atoms with Gasteiger partial charge in [-0.2, -0.15) is 0 Å². The van der Waals surface area contributed by atoms with Gasteiger partial charge in [0.2, 0.25) is 0 Å². The summed E-state index contributed by atoms with van der Waals surface area (Å²) in [5, 5.41) is 0. The second-order valence-electron chi connectivity index (χ2n) is 6.01. The SMILES string of the molecule is COc1ccc2c(c1)Oc1cc(OC)ccc1C2=C1CCCC1. The first-order chi connectivity index (χ1) is 11.3. The van der Waals surface area contributed by atoms with Gasteiger partial charge in [-0.3, -0.25) is 0 Å². The molecule has 2 aromatic carbocycles. The van der Waals surface area contributed by atoms with Gasteiger partial charge in [-0.15, -0.1) is 0 Å². The largest absolute Gasteiger partial charge is 0.497 e. The van der Waals surface area contributed by atoms with Crippen LogP contribution in [0.2, 0.25) is 0 Å². The minimum atomic E-state index is 0.811. The van der Waals surface area contributed by atoms with E-state index in [-0.39, 0.29) is 0 Å². The quantitative estimate of drug-likeness (QED) is 0.652. The minimum Gasteiger partial charge on any atom is -0.497 e. The molecule has 118 valence electrons. The van der Waals surface area contributed by atoms with Crippen molar-refractivity contribution in [3.8, 4) is 23.0 Å². The van der Waals surface area contributed by atoms with E-state index in [2.05, 4.69) is 12.1 Å². The van der Waals surface area contributed by atoms with E-state index in [1.54, 1.807) is 14.2 Å². The first kappa shape index (κ1) is 14.2. The average Bonchev–Trinajstić information content (AvgIpc) is 3.12. The van der Waals surface area contributed by atoms with E-state index in [9.17, 15) is 0 Å². The molecule has 2 aliphatic rings. The molecular weight excluding hydrogens is 288 g/mol. The topological polar surface area (TPSA) is 27.7 Å². The van der Waals surface area contributed by atoms with Gasteiger partial charge >= 0.3 is 0 Å². The molecule has 3 heteroatoms. The van der Waals surface area contributed by atoms with Gasteiger partial charge in [-0.25, -0.2) is 0 Å². The number of rotatable bonds is 2. The zero-order chi connectivity index (χ0) is 15.8. The molecule has 2 aromatic rings. The van der Waals surface area contributed by atoms with Crippen LogP contribution in [-0.2, 0) is 0 Å². The van der Waals surface area contributed by atoms with Crippen LogP contribution < -0.4 is 14.2 Å². The van der Waals surface area contributed by atoms with Gasteiger partial charge < -0.3 is 14.2 Å². The lowest BCUT2D eigenvalue weighted by molar-refractivity contribution is 0.402. The van der Waals surface area contributed by atoms with Crippen LogP contribution in [-0.4, -0.2) is 14.2 Å². The summed E-state index contributed by atoms with van der Waals surface area (Å²) < 4.78 is 16.9. The summed E-state index contributed by atoms with van der Waals surface area (Å²) in [6, 6.07) is 12.2. The van der Waals surface area contributed by atoms with Crippen LogP contribution in [0.3, 0.4) is 0 Å². The molecule has 0 aromatic heterocycles. The van der Waals surface area contributed by atoms with Crippen LogP contribution in [0.5, 0.6) is 23.0 Å². The fourth-order valence-electron chi connectivity index (χ4n) is 3.54. The number of ether oxygens (including phenoxy) is 3. The van der Waals surface area contributed by atoms with E-state index in [0.29, 0.717) is 0 Å². The summed E-state index contributed by atoms with van der Waals surface area (Å²) in [5.41, 5.74) is 5.20. The molecule has 0 saturated heterocycles. The number of hydrogen-bond acceptors (Lipinski definition) is 3.